The summed E-state index contributed by atoms with van der Waals surface area (Å²) in [6.45, 7) is 0. The molecular weight excluding hydrogens is 259 g/mol. The Hall–Kier alpha value is 1.69. The van der Waals surface area contributed by atoms with Crippen LogP contribution < -0.4 is 0 Å². The van der Waals surface area contributed by atoms with Crippen LogP contribution in [0.2, 0.25) is 0 Å². The molecule has 5 heavy (non-hydrogen) atoms. The molecule has 0 atom stereocenters. The Morgan fingerprint density at radius 3 is 1.80 bits per heavy atom. The molecule has 1 saturated heterocycles. The SMILES string of the molecule is [B]1[Se][B][Se][Se]1. The summed E-state index contributed by atoms with van der Waals surface area (Å²) in [4.78, 5) is 4.92. The Kier molecular flexibility index (Phi) is 2.70. The first-order valence-corrected chi connectivity index (χ1v) is 9.40. The summed E-state index contributed by atoms with van der Waals surface area (Å²) in [6.07, 6.45) is 0. The average molecular weight is 259 g/mol. The molecule has 1 rings (SSSR count). The standard InChI is InChI=1S/B2Se3/c1-3-2-5-4-1. The summed E-state index contributed by atoms with van der Waals surface area (Å²) in [5.74, 6) is 0. The molecule has 2 radical (unpaired) electrons. The van der Waals surface area contributed by atoms with Crippen molar-refractivity contribution in [2.45, 2.75) is 0 Å². The minimum atomic E-state index is 0.875. The van der Waals surface area contributed by atoms with Gasteiger partial charge in [-0.05, 0) is 0 Å². The van der Waals surface area contributed by atoms with E-state index in [1.54, 1.807) is 0 Å². The molecule has 1 aliphatic heterocycles. The average Bonchev–Trinajstić information content (AvgIpc) is 1.76. The third-order valence-corrected chi connectivity index (χ3v) is 15.5. The fraction of sp³-hybridized carbons (Fsp3) is 0. The van der Waals surface area contributed by atoms with Crippen LogP contribution in [0.25, 0.3) is 0 Å². The van der Waals surface area contributed by atoms with Crippen LogP contribution in [0.4, 0.5) is 0 Å². The van der Waals surface area contributed by atoms with Crippen molar-refractivity contribution in [2.75, 3.05) is 0 Å². The molecule has 0 aromatic carbocycles. The quantitative estimate of drug-likeness (QED) is 0.445. The van der Waals surface area contributed by atoms with Gasteiger partial charge >= 0.3 is 50.3 Å². The Bertz CT molecular complexity index is 16.5. The van der Waals surface area contributed by atoms with Gasteiger partial charge < -0.3 is 0 Å². The number of hydrogen-bond donors (Lipinski definition) is 0. The Morgan fingerprint density at radius 2 is 1.60 bits per heavy atom. The van der Waals surface area contributed by atoms with E-state index in [1.807, 2.05) is 0 Å². The molecule has 0 aromatic rings. The Labute approximate surface area is 50.1 Å². The van der Waals surface area contributed by atoms with Gasteiger partial charge in [0.25, 0.3) is 0 Å². The molecule has 0 aliphatic carbocycles. The molecule has 0 amide bonds. The summed E-state index contributed by atoms with van der Waals surface area (Å²) in [5.41, 5.74) is 0. The van der Waals surface area contributed by atoms with Gasteiger partial charge in [-0.3, -0.25) is 0 Å². The van der Waals surface area contributed by atoms with Crippen LogP contribution in [-0.2, 0) is 0 Å². The molecule has 0 nitrogen and oxygen atoms in total. The van der Waals surface area contributed by atoms with Crippen LogP contribution >= 0.6 is 0 Å². The molecule has 0 spiro atoms. The van der Waals surface area contributed by atoms with E-state index in [1.165, 1.54) is 0 Å². The molecule has 1 heterocycles. The molecule has 0 saturated carbocycles. The predicted molar refractivity (Wildman–Crippen MR) is 28.8 cm³/mol. The first-order valence-electron chi connectivity index (χ1n) is 1.11. The van der Waals surface area contributed by atoms with E-state index in [4.69, 9.17) is 0 Å². The van der Waals surface area contributed by atoms with E-state index in [9.17, 15) is 0 Å². The second-order valence-electron chi connectivity index (χ2n) is 0.521. The van der Waals surface area contributed by atoms with Gasteiger partial charge in [-0.2, -0.15) is 0 Å². The van der Waals surface area contributed by atoms with E-state index in [0.29, 0.717) is 0 Å². The van der Waals surface area contributed by atoms with Crippen LogP contribution in [0.3, 0.4) is 0 Å². The van der Waals surface area contributed by atoms with Crippen LogP contribution in [0.5, 0.6) is 0 Å². The number of hydrogen-bond acceptors (Lipinski definition) is 0. The van der Waals surface area contributed by atoms with Gasteiger partial charge in [-0.15, -0.1) is 0 Å². The van der Waals surface area contributed by atoms with Crippen molar-refractivity contribution in [1.29, 1.82) is 0 Å². The van der Waals surface area contributed by atoms with E-state index in [0.717, 1.165) is 40.5 Å². The Balaban J connectivity index is 2.08. The molecule has 0 aromatic heterocycles. The van der Waals surface area contributed by atoms with E-state index >= 15 is 0 Å². The summed E-state index contributed by atoms with van der Waals surface area (Å²) in [7, 11) is 0. The fourth-order valence-electron chi connectivity index (χ4n) is 0.113. The van der Waals surface area contributed by atoms with E-state index in [-0.39, 0.29) is 0 Å². The summed E-state index contributed by atoms with van der Waals surface area (Å²) >= 11 is 2.83. The third kappa shape index (κ3) is 1.73. The normalized spacial score (nSPS) is 20.8. The summed E-state index contributed by atoms with van der Waals surface area (Å²) in [5, 5.41) is 0. The van der Waals surface area contributed by atoms with Crippen molar-refractivity contribution in [3.63, 3.8) is 0 Å². The predicted octanol–water partition coefficient (Wildman–Crippen LogP) is -1.90. The van der Waals surface area contributed by atoms with Crippen molar-refractivity contribution >= 4 is 50.3 Å². The minimum absolute atomic E-state index is 0.875. The molecule has 0 unspecified atom stereocenters. The van der Waals surface area contributed by atoms with Crippen molar-refractivity contribution in [1.82, 2.24) is 0 Å². The van der Waals surface area contributed by atoms with Crippen molar-refractivity contribution in [2.24, 2.45) is 0 Å². The van der Waals surface area contributed by atoms with E-state index in [2.05, 4.69) is 9.81 Å². The van der Waals surface area contributed by atoms with Gasteiger partial charge in [0.1, 0.15) is 0 Å². The topological polar surface area (TPSA) is 0 Å². The van der Waals surface area contributed by atoms with Crippen LogP contribution in [0.1, 0.15) is 0 Å². The third-order valence-electron chi connectivity index (χ3n) is 0.245. The van der Waals surface area contributed by atoms with Crippen LogP contribution in [0.15, 0.2) is 0 Å². The zero-order valence-corrected chi connectivity index (χ0v) is 7.52. The first-order chi connectivity index (χ1) is 2.50. The molecule has 0 N–H and O–H groups in total. The maximum absolute atomic E-state index is 2.46. The van der Waals surface area contributed by atoms with Gasteiger partial charge in [0, 0.05) is 0 Å². The Morgan fingerprint density at radius 1 is 1.00 bits per heavy atom. The van der Waals surface area contributed by atoms with Gasteiger partial charge in [0.2, 0.25) is 0 Å². The second-order valence-corrected chi connectivity index (χ2v) is 11.1. The fourth-order valence-corrected chi connectivity index (χ4v) is 15.9. The van der Waals surface area contributed by atoms with Crippen LogP contribution in [-0.4, -0.2) is 50.3 Å². The van der Waals surface area contributed by atoms with Crippen molar-refractivity contribution in [3.05, 3.63) is 0 Å². The molecule has 5 heteroatoms. The van der Waals surface area contributed by atoms with Crippen molar-refractivity contribution in [3.8, 4) is 0 Å². The van der Waals surface area contributed by atoms with Gasteiger partial charge in [0.05, 0.1) is 0 Å². The molecule has 0 bridgehead atoms. The summed E-state index contributed by atoms with van der Waals surface area (Å²) in [6, 6.07) is 0. The first kappa shape index (κ1) is 4.84. The van der Waals surface area contributed by atoms with Gasteiger partial charge in [-0.25, -0.2) is 0 Å². The van der Waals surface area contributed by atoms with E-state index < -0.39 is 0 Å². The second kappa shape index (κ2) is 2.80. The van der Waals surface area contributed by atoms with Gasteiger partial charge in [0.15, 0.2) is 0 Å². The number of rotatable bonds is 0. The van der Waals surface area contributed by atoms with Crippen molar-refractivity contribution < 1.29 is 0 Å². The molecule has 1 fully saturated rings. The zero-order valence-electron chi connectivity index (χ0n) is 2.38. The van der Waals surface area contributed by atoms with Crippen LogP contribution in [0, 0.1) is 0 Å². The monoisotopic (exact) mass is 262 g/mol. The summed E-state index contributed by atoms with van der Waals surface area (Å²) < 4.78 is 0. The molecule has 1 aliphatic rings. The molecular formula is B2Se3. The zero-order chi connectivity index (χ0) is 3.54. The molecule has 24 valence electrons. The van der Waals surface area contributed by atoms with Gasteiger partial charge in [-0.1, -0.05) is 0 Å². The maximum atomic E-state index is 2.46.